The number of carbonyl (C=O) groups excluding carboxylic acids is 2. The van der Waals surface area contributed by atoms with Crippen molar-refractivity contribution in [3.8, 4) is 0 Å². The summed E-state index contributed by atoms with van der Waals surface area (Å²) >= 11 is 0. The first-order valence-corrected chi connectivity index (χ1v) is 18.3. The van der Waals surface area contributed by atoms with Crippen molar-refractivity contribution in [2.45, 2.75) is 89.4 Å². The Bertz CT molecular complexity index is 1760. The predicted molar refractivity (Wildman–Crippen MR) is 204 cm³/mol. The third-order valence-corrected chi connectivity index (χ3v) is 8.56. The topological polar surface area (TPSA) is 111 Å². The Morgan fingerprint density at radius 2 is 1.13 bits per heavy atom. The number of alkyl carbamates (subject to hydrolysis) is 1. The van der Waals surface area contributed by atoms with E-state index < -0.39 is 66.7 Å². The Labute approximate surface area is 322 Å². The molecule has 4 aromatic carbocycles. The molecule has 11 heteroatoms. The van der Waals surface area contributed by atoms with Crippen LogP contribution in [0.15, 0.2) is 134 Å². The van der Waals surface area contributed by atoms with Crippen molar-refractivity contribution in [3.05, 3.63) is 156 Å². The molecule has 4 aromatic rings. The van der Waals surface area contributed by atoms with Gasteiger partial charge in [-0.05, 0) is 43.0 Å². The van der Waals surface area contributed by atoms with Gasteiger partial charge in [0.2, 0.25) is 0 Å². The van der Waals surface area contributed by atoms with E-state index in [0.717, 1.165) is 22.3 Å². The van der Waals surface area contributed by atoms with Crippen LogP contribution in [0.4, 0.5) is 9.18 Å². The molecule has 10 nitrogen and oxygen atoms in total. The maximum atomic E-state index is 15.7. The smallest absolute Gasteiger partial charge is 0.408 e. The van der Waals surface area contributed by atoms with E-state index >= 15 is 4.39 Å². The van der Waals surface area contributed by atoms with Gasteiger partial charge in [0.25, 0.3) is 0 Å². The quantitative estimate of drug-likeness (QED) is 0.103. The molecule has 5 rings (SSSR count). The minimum atomic E-state index is -1.66. The number of hydrogen-bond donors (Lipinski definition) is 1. The number of rotatable bonds is 18. The summed E-state index contributed by atoms with van der Waals surface area (Å²) in [5.41, 5.74) is 2.79. The van der Waals surface area contributed by atoms with Gasteiger partial charge in [0, 0.05) is 0 Å². The van der Waals surface area contributed by atoms with Gasteiger partial charge in [0.05, 0.1) is 33.0 Å². The van der Waals surface area contributed by atoms with Crippen molar-refractivity contribution in [2.75, 3.05) is 13.2 Å². The molecule has 1 saturated heterocycles. The molecule has 1 aliphatic heterocycles. The highest BCUT2D eigenvalue weighted by Gasteiger charge is 2.52. The Morgan fingerprint density at radius 1 is 0.691 bits per heavy atom. The SMILES string of the molecule is C=C(F)C(OC(=O)CNC(=O)OC(C)(C)C)[C@H]1O[C@H](COCc2ccccc2)[C@@H](OCc2ccccc2)[C@H](OCc2ccccc2)[C@H]1OCc1ccccc1. The zero-order valence-electron chi connectivity index (χ0n) is 31.5. The molecule has 0 bridgehead atoms. The molecule has 1 heterocycles. The summed E-state index contributed by atoms with van der Waals surface area (Å²) < 4.78 is 59.4. The average molecular weight is 756 g/mol. The summed E-state index contributed by atoms with van der Waals surface area (Å²) in [7, 11) is 0. The van der Waals surface area contributed by atoms with Crippen molar-refractivity contribution in [2.24, 2.45) is 0 Å². The fourth-order valence-electron chi connectivity index (χ4n) is 6.02. The lowest BCUT2D eigenvalue weighted by Crippen LogP contribution is -2.64. The van der Waals surface area contributed by atoms with Crippen LogP contribution in [0.2, 0.25) is 0 Å². The zero-order valence-corrected chi connectivity index (χ0v) is 31.5. The van der Waals surface area contributed by atoms with Gasteiger partial charge in [-0.25, -0.2) is 9.18 Å². The van der Waals surface area contributed by atoms with Crippen LogP contribution in [0.25, 0.3) is 0 Å². The molecule has 292 valence electrons. The summed E-state index contributed by atoms with van der Waals surface area (Å²) in [5.74, 6) is -1.93. The first-order chi connectivity index (χ1) is 26.6. The van der Waals surface area contributed by atoms with Gasteiger partial charge in [-0.1, -0.05) is 128 Å². The van der Waals surface area contributed by atoms with Crippen LogP contribution in [-0.2, 0) is 64.4 Å². The maximum absolute atomic E-state index is 15.7. The molecule has 55 heavy (non-hydrogen) atoms. The second-order valence-electron chi connectivity index (χ2n) is 14.1. The maximum Gasteiger partial charge on any atom is 0.408 e. The Kier molecular flexibility index (Phi) is 15.5. The number of carbonyl (C=O) groups is 2. The lowest BCUT2D eigenvalue weighted by Gasteiger charge is -2.47. The van der Waals surface area contributed by atoms with Crippen LogP contribution < -0.4 is 5.32 Å². The highest BCUT2D eigenvalue weighted by atomic mass is 19.1. The normalized spacial score (nSPS) is 20.3. The summed E-state index contributed by atoms with van der Waals surface area (Å²) in [6, 6.07) is 38.4. The second kappa shape index (κ2) is 20.7. The molecule has 6 atom stereocenters. The summed E-state index contributed by atoms with van der Waals surface area (Å²) in [6.07, 6.45) is -7.37. The molecule has 0 aliphatic carbocycles. The summed E-state index contributed by atoms with van der Waals surface area (Å²) in [6.45, 7) is 8.75. The average Bonchev–Trinajstić information content (AvgIpc) is 3.18. The van der Waals surface area contributed by atoms with Crippen molar-refractivity contribution < 1.29 is 47.1 Å². The molecule has 0 spiro atoms. The third kappa shape index (κ3) is 13.4. The van der Waals surface area contributed by atoms with Crippen LogP contribution in [0.3, 0.4) is 0 Å². The number of esters is 1. The number of hydrogen-bond acceptors (Lipinski definition) is 9. The number of benzene rings is 4. The van der Waals surface area contributed by atoms with E-state index in [1.165, 1.54) is 0 Å². The molecule has 1 unspecified atom stereocenters. The number of nitrogens with one attached hydrogen (secondary N) is 1. The van der Waals surface area contributed by atoms with Gasteiger partial charge in [-0.2, -0.15) is 0 Å². The van der Waals surface area contributed by atoms with E-state index in [1.54, 1.807) is 20.8 Å². The van der Waals surface area contributed by atoms with Gasteiger partial charge in [0.1, 0.15) is 48.5 Å². The second-order valence-corrected chi connectivity index (χ2v) is 14.1. The van der Waals surface area contributed by atoms with E-state index in [0.29, 0.717) is 0 Å². The molecular formula is C44H50FNO9. The molecule has 0 radical (unpaired) electrons. The van der Waals surface area contributed by atoms with Crippen molar-refractivity contribution in [3.63, 3.8) is 0 Å². The van der Waals surface area contributed by atoms with E-state index in [2.05, 4.69) is 11.9 Å². The first kappa shape index (κ1) is 41.3. The van der Waals surface area contributed by atoms with Gasteiger partial charge < -0.3 is 38.5 Å². The first-order valence-electron chi connectivity index (χ1n) is 18.3. The van der Waals surface area contributed by atoms with Crippen molar-refractivity contribution in [1.82, 2.24) is 5.32 Å². The Morgan fingerprint density at radius 3 is 1.58 bits per heavy atom. The van der Waals surface area contributed by atoms with Crippen LogP contribution >= 0.6 is 0 Å². The minimum Gasteiger partial charge on any atom is -0.451 e. The number of amides is 1. The number of halogens is 1. The molecular weight excluding hydrogens is 705 g/mol. The largest absolute Gasteiger partial charge is 0.451 e. The molecule has 0 saturated carbocycles. The Balaban J connectivity index is 1.49. The predicted octanol–water partition coefficient (Wildman–Crippen LogP) is 7.65. The molecule has 0 aromatic heterocycles. The van der Waals surface area contributed by atoms with Gasteiger partial charge in [0.15, 0.2) is 6.10 Å². The van der Waals surface area contributed by atoms with E-state index in [4.69, 9.17) is 33.2 Å². The molecule has 1 aliphatic rings. The van der Waals surface area contributed by atoms with Crippen LogP contribution in [-0.4, -0.2) is 67.4 Å². The van der Waals surface area contributed by atoms with E-state index in [-0.39, 0.29) is 33.0 Å². The zero-order chi connectivity index (χ0) is 39.0. The molecule has 1 N–H and O–H groups in total. The van der Waals surface area contributed by atoms with Gasteiger partial charge in [-0.15, -0.1) is 0 Å². The van der Waals surface area contributed by atoms with Crippen molar-refractivity contribution in [1.29, 1.82) is 0 Å². The van der Waals surface area contributed by atoms with Crippen molar-refractivity contribution >= 4 is 12.1 Å². The standard InChI is InChI=1S/C44H50FNO9/c1-31(45)38(54-37(47)25-46-43(48)55-44(2,3)4)42-41(52-29-35-23-15-8-16-24-35)40(51-28-34-21-13-7-14-22-34)39(50-27-33-19-11-6-12-20-33)36(53-42)30-49-26-32-17-9-5-10-18-32/h5-24,36,38-42H,1,25-30H2,2-4H3,(H,46,48)/t36-,38?,39-,40+,41-,42-/m1/s1. The molecule has 1 fully saturated rings. The highest BCUT2D eigenvalue weighted by molar-refractivity contribution is 5.78. The van der Waals surface area contributed by atoms with Crippen LogP contribution in [0, 0.1) is 0 Å². The molecule has 1 amide bonds. The summed E-state index contributed by atoms with van der Waals surface area (Å²) in [5, 5.41) is 2.36. The lowest BCUT2D eigenvalue weighted by molar-refractivity contribution is -0.286. The monoisotopic (exact) mass is 755 g/mol. The van der Waals surface area contributed by atoms with Gasteiger partial charge >= 0.3 is 12.1 Å². The van der Waals surface area contributed by atoms with E-state index in [9.17, 15) is 9.59 Å². The lowest BCUT2D eigenvalue weighted by atomic mass is 9.90. The summed E-state index contributed by atoms with van der Waals surface area (Å²) in [4.78, 5) is 25.5. The fourth-order valence-corrected chi connectivity index (χ4v) is 6.02. The highest BCUT2D eigenvalue weighted by Crippen LogP contribution is 2.35. The van der Waals surface area contributed by atoms with Crippen LogP contribution in [0.1, 0.15) is 43.0 Å². The van der Waals surface area contributed by atoms with Crippen LogP contribution in [0.5, 0.6) is 0 Å². The third-order valence-electron chi connectivity index (χ3n) is 8.56. The minimum absolute atomic E-state index is 0.0150. The Hall–Kier alpha value is -4.91. The van der Waals surface area contributed by atoms with E-state index in [1.807, 2.05) is 121 Å². The fraction of sp³-hybridized carbons (Fsp3) is 0.364. The number of ether oxygens (including phenoxy) is 7. The van der Waals surface area contributed by atoms with Gasteiger partial charge in [-0.3, -0.25) is 4.79 Å².